The van der Waals surface area contributed by atoms with Crippen molar-refractivity contribution in [2.45, 2.75) is 26.3 Å². The Morgan fingerprint density at radius 3 is 2.10 bits per heavy atom. The van der Waals surface area contributed by atoms with Gasteiger partial charge in [-0.15, -0.1) is 24.0 Å². The molecule has 0 aliphatic heterocycles. The van der Waals surface area contributed by atoms with Gasteiger partial charge in [-0.3, -0.25) is 10.9 Å². The van der Waals surface area contributed by atoms with Crippen LogP contribution in [0.3, 0.4) is 0 Å². The van der Waals surface area contributed by atoms with Gasteiger partial charge in [0.2, 0.25) is 0 Å². The van der Waals surface area contributed by atoms with Crippen LogP contribution in [0, 0.1) is 0 Å². The third kappa shape index (κ3) is 11.3. The fourth-order valence-electron chi connectivity index (χ4n) is 0.375. The standard InChI is InChI=1S/C6H15ClN2.ClH/c1-6(2,3)9-8-5-4-7;/h8-9H,4-5H2,1-3H3;1H. The number of rotatable bonds is 3. The van der Waals surface area contributed by atoms with Crippen LogP contribution in [0.25, 0.3) is 0 Å². The van der Waals surface area contributed by atoms with E-state index >= 15 is 0 Å². The Bertz CT molecular complexity index is 70.6. The predicted octanol–water partition coefficient (Wildman–Crippen LogP) is 1.54. The first-order valence-electron chi connectivity index (χ1n) is 3.12. The molecule has 64 valence electrons. The van der Waals surface area contributed by atoms with Crippen LogP contribution >= 0.6 is 24.0 Å². The van der Waals surface area contributed by atoms with Crippen molar-refractivity contribution in [1.82, 2.24) is 10.9 Å². The first-order chi connectivity index (χ1) is 4.06. The summed E-state index contributed by atoms with van der Waals surface area (Å²) in [4.78, 5) is 0. The summed E-state index contributed by atoms with van der Waals surface area (Å²) in [5.41, 5.74) is 6.21. The van der Waals surface area contributed by atoms with Crippen molar-refractivity contribution in [3.05, 3.63) is 0 Å². The lowest BCUT2D eigenvalue weighted by atomic mass is 10.1. The first kappa shape index (κ1) is 13.1. The predicted molar refractivity (Wildman–Crippen MR) is 48.9 cm³/mol. The Morgan fingerprint density at radius 1 is 1.30 bits per heavy atom. The Kier molecular flexibility index (Phi) is 8.17. The maximum absolute atomic E-state index is 5.43. The quantitative estimate of drug-likeness (QED) is 0.398. The third-order valence-electron chi connectivity index (χ3n) is 0.683. The monoisotopic (exact) mass is 186 g/mol. The zero-order valence-electron chi connectivity index (χ0n) is 6.70. The minimum absolute atomic E-state index is 0. The summed E-state index contributed by atoms with van der Waals surface area (Å²) in [7, 11) is 0. The Morgan fingerprint density at radius 2 is 1.80 bits per heavy atom. The zero-order valence-corrected chi connectivity index (χ0v) is 8.27. The molecule has 0 heterocycles. The highest BCUT2D eigenvalue weighted by Gasteiger charge is 2.06. The van der Waals surface area contributed by atoms with Crippen LogP contribution in [0.1, 0.15) is 20.8 Å². The van der Waals surface area contributed by atoms with E-state index in [0.29, 0.717) is 5.88 Å². The molecule has 4 heteroatoms. The van der Waals surface area contributed by atoms with Crippen molar-refractivity contribution in [2.24, 2.45) is 0 Å². The van der Waals surface area contributed by atoms with E-state index in [-0.39, 0.29) is 17.9 Å². The number of hydrogen-bond donors (Lipinski definition) is 2. The van der Waals surface area contributed by atoms with Gasteiger partial charge in [0, 0.05) is 18.0 Å². The van der Waals surface area contributed by atoms with E-state index in [1.54, 1.807) is 0 Å². The van der Waals surface area contributed by atoms with Gasteiger partial charge in [-0.2, -0.15) is 0 Å². The molecule has 0 aliphatic rings. The molecule has 0 fully saturated rings. The Balaban J connectivity index is 0. The molecule has 10 heavy (non-hydrogen) atoms. The molecule has 0 aromatic carbocycles. The molecule has 0 bridgehead atoms. The fourth-order valence-corrected chi connectivity index (χ4v) is 0.469. The largest absolute Gasteiger partial charge is 0.256 e. The van der Waals surface area contributed by atoms with E-state index in [1.165, 1.54) is 0 Å². The van der Waals surface area contributed by atoms with Gasteiger partial charge in [-0.05, 0) is 20.8 Å². The summed E-state index contributed by atoms with van der Waals surface area (Å²) in [5, 5.41) is 0. The highest BCUT2D eigenvalue weighted by molar-refractivity contribution is 6.18. The summed E-state index contributed by atoms with van der Waals surface area (Å²) in [6.07, 6.45) is 0. The van der Waals surface area contributed by atoms with E-state index in [4.69, 9.17) is 11.6 Å². The van der Waals surface area contributed by atoms with Crippen molar-refractivity contribution in [3.63, 3.8) is 0 Å². The third-order valence-corrected chi connectivity index (χ3v) is 0.872. The smallest absolute Gasteiger partial charge is 0.0362 e. The topological polar surface area (TPSA) is 24.1 Å². The molecule has 0 aromatic rings. The lowest BCUT2D eigenvalue weighted by Crippen LogP contribution is -2.46. The van der Waals surface area contributed by atoms with Gasteiger partial charge < -0.3 is 0 Å². The van der Waals surface area contributed by atoms with Crippen molar-refractivity contribution in [1.29, 1.82) is 0 Å². The highest BCUT2D eigenvalue weighted by Crippen LogP contribution is 1.94. The molecule has 0 atom stereocenters. The van der Waals surface area contributed by atoms with Gasteiger partial charge in [0.25, 0.3) is 0 Å². The van der Waals surface area contributed by atoms with E-state index < -0.39 is 0 Å². The molecule has 0 rings (SSSR count). The molecule has 2 N–H and O–H groups in total. The number of nitrogens with one attached hydrogen (secondary N) is 2. The second kappa shape index (κ2) is 6.23. The van der Waals surface area contributed by atoms with Crippen molar-refractivity contribution in [2.75, 3.05) is 12.4 Å². The molecule has 0 aliphatic carbocycles. The van der Waals surface area contributed by atoms with Crippen molar-refractivity contribution in [3.8, 4) is 0 Å². The van der Waals surface area contributed by atoms with Crippen LogP contribution in [0.15, 0.2) is 0 Å². The summed E-state index contributed by atoms with van der Waals surface area (Å²) < 4.78 is 0. The molecular formula is C6H16Cl2N2. The minimum atomic E-state index is 0. The second-order valence-electron chi connectivity index (χ2n) is 2.99. The second-order valence-corrected chi connectivity index (χ2v) is 3.37. The van der Waals surface area contributed by atoms with Gasteiger partial charge >= 0.3 is 0 Å². The van der Waals surface area contributed by atoms with Gasteiger partial charge in [-0.25, -0.2) is 0 Å². The maximum atomic E-state index is 5.43. The number of hydrogen-bond acceptors (Lipinski definition) is 2. The van der Waals surface area contributed by atoms with Crippen LogP contribution in [0.2, 0.25) is 0 Å². The van der Waals surface area contributed by atoms with Crippen LogP contribution in [-0.4, -0.2) is 18.0 Å². The van der Waals surface area contributed by atoms with Crippen LogP contribution < -0.4 is 10.9 Å². The van der Waals surface area contributed by atoms with Gasteiger partial charge in [0.15, 0.2) is 0 Å². The molecule has 0 spiro atoms. The Labute approximate surface area is 74.1 Å². The molecule has 0 aromatic heterocycles. The van der Waals surface area contributed by atoms with Crippen LogP contribution in [-0.2, 0) is 0 Å². The Hall–Kier alpha value is 0.500. The SMILES string of the molecule is CC(C)(C)NNCCCl.Cl. The summed E-state index contributed by atoms with van der Waals surface area (Å²) in [6.45, 7) is 7.08. The van der Waals surface area contributed by atoms with E-state index in [0.717, 1.165) is 6.54 Å². The average molecular weight is 187 g/mol. The molecule has 0 unspecified atom stereocenters. The summed E-state index contributed by atoms with van der Waals surface area (Å²) in [5.74, 6) is 0.642. The van der Waals surface area contributed by atoms with Gasteiger partial charge in [-0.1, -0.05) is 0 Å². The highest BCUT2D eigenvalue weighted by atomic mass is 35.5. The first-order valence-corrected chi connectivity index (χ1v) is 3.66. The normalized spacial score (nSPS) is 10.8. The summed E-state index contributed by atoms with van der Waals surface area (Å²) in [6, 6.07) is 0. The van der Waals surface area contributed by atoms with Crippen LogP contribution in [0.5, 0.6) is 0 Å². The molecule has 0 saturated carbocycles. The van der Waals surface area contributed by atoms with Gasteiger partial charge in [0.1, 0.15) is 0 Å². The molecule has 0 amide bonds. The molecular weight excluding hydrogens is 171 g/mol. The lowest BCUT2D eigenvalue weighted by Gasteiger charge is -2.20. The van der Waals surface area contributed by atoms with Crippen molar-refractivity contribution >= 4 is 24.0 Å². The molecule has 2 nitrogen and oxygen atoms in total. The number of alkyl halides is 1. The fraction of sp³-hybridized carbons (Fsp3) is 1.00. The molecule has 0 saturated heterocycles. The number of halogens is 2. The van der Waals surface area contributed by atoms with E-state index in [1.807, 2.05) is 0 Å². The van der Waals surface area contributed by atoms with E-state index in [2.05, 4.69) is 31.6 Å². The maximum Gasteiger partial charge on any atom is 0.0362 e. The number of hydrazine groups is 1. The minimum Gasteiger partial charge on any atom is -0.256 e. The van der Waals surface area contributed by atoms with Crippen LogP contribution in [0.4, 0.5) is 0 Å². The van der Waals surface area contributed by atoms with Crippen molar-refractivity contribution < 1.29 is 0 Å². The summed E-state index contributed by atoms with van der Waals surface area (Å²) >= 11 is 5.43. The molecule has 0 radical (unpaired) electrons. The zero-order chi connectivity index (χ0) is 7.33. The van der Waals surface area contributed by atoms with E-state index in [9.17, 15) is 0 Å². The lowest BCUT2D eigenvalue weighted by molar-refractivity contribution is 0.365. The van der Waals surface area contributed by atoms with Gasteiger partial charge in [0.05, 0.1) is 0 Å². The average Bonchev–Trinajstić information content (AvgIpc) is 1.63.